The summed E-state index contributed by atoms with van der Waals surface area (Å²) in [6, 6.07) is 43.1. The lowest BCUT2D eigenvalue weighted by Gasteiger charge is -2.23. The molecule has 0 aliphatic carbocycles. The number of aryl methyl sites for hydroxylation is 4. The molecule has 0 aliphatic heterocycles. The second kappa shape index (κ2) is 11.1. The van der Waals surface area contributed by atoms with Crippen LogP contribution < -0.4 is 11.5 Å². The maximum Gasteiger partial charge on any atom is 0.0400 e. The van der Waals surface area contributed by atoms with Crippen molar-refractivity contribution < 1.29 is 0 Å². The van der Waals surface area contributed by atoms with E-state index in [0.717, 1.165) is 67.0 Å². The van der Waals surface area contributed by atoms with Crippen molar-refractivity contribution in [2.75, 3.05) is 11.5 Å². The quantitative estimate of drug-likeness (QED) is 0.212. The van der Waals surface area contributed by atoms with Crippen molar-refractivity contribution in [1.29, 1.82) is 0 Å². The minimum atomic E-state index is 0.757. The zero-order valence-electron chi connectivity index (χ0n) is 24.7. The monoisotopic (exact) mass is 544 g/mol. The van der Waals surface area contributed by atoms with Crippen LogP contribution >= 0.6 is 0 Å². The molecule has 0 aromatic heterocycles. The Morgan fingerprint density at radius 1 is 0.333 bits per heavy atom. The highest BCUT2D eigenvalue weighted by atomic mass is 14.6. The maximum atomic E-state index is 6.84. The van der Waals surface area contributed by atoms with Crippen LogP contribution in [0.5, 0.6) is 0 Å². The van der Waals surface area contributed by atoms with Crippen LogP contribution in [0, 0.1) is 27.7 Å². The highest BCUT2D eigenvalue weighted by Crippen LogP contribution is 2.49. The Bertz CT molecular complexity index is 1800. The third-order valence-corrected chi connectivity index (χ3v) is 7.99. The van der Waals surface area contributed by atoms with Gasteiger partial charge in [-0.2, -0.15) is 0 Å². The molecule has 0 amide bonds. The summed E-state index contributed by atoms with van der Waals surface area (Å²) in [6.45, 7) is 8.53. The first-order valence-corrected chi connectivity index (χ1v) is 14.4. The largest absolute Gasteiger partial charge is 0.398 e. The lowest BCUT2D eigenvalue weighted by atomic mass is 9.81. The van der Waals surface area contributed by atoms with Gasteiger partial charge in [-0.1, -0.05) is 131 Å². The van der Waals surface area contributed by atoms with Gasteiger partial charge < -0.3 is 11.5 Å². The van der Waals surface area contributed by atoms with Gasteiger partial charge in [0.25, 0.3) is 0 Å². The molecule has 0 aliphatic rings. The summed E-state index contributed by atoms with van der Waals surface area (Å²) >= 11 is 0. The van der Waals surface area contributed by atoms with Crippen LogP contribution in [0.1, 0.15) is 22.3 Å². The van der Waals surface area contributed by atoms with Crippen molar-refractivity contribution in [1.82, 2.24) is 0 Å². The van der Waals surface area contributed by atoms with E-state index in [1.54, 1.807) is 0 Å². The number of nitrogens with two attached hydrogens (primary N) is 2. The molecule has 0 bridgehead atoms. The zero-order valence-corrected chi connectivity index (χ0v) is 24.7. The molecule has 6 aromatic rings. The van der Waals surface area contributed by atoms with Crippen molar-refractivity contribution in [2.24, 2.45) is 0 Å². The fourth-order valence-corrected chi connectivity index (χ4v) is 6.11. The summed E-state index contributed by atoms with van der Waals surface area (Å²) in [5.74, 6) is 0. The SMILES string of the molecule is Cc1cccc(-c2c(N)ccc(-c3ccc(N)c(-c4cccc(C)c4)c3-c3cccc(C)c3)c2-c2cccc(C)c2)c1. The third kappa shape index (κ3) is 5.08. The summed E-state index contributed by atoms with van der Waals surface area (Å²) in [6.07, 6.45) is 0. The van der Waals surface area contributed by atoms with Gasteiger partial charge >= 0.3 is 0 Å². The Morgan fingerprint density at radius 3 is 0.905 bits per heavy atom. The normalized spacial score (nSPS) is 11.0. The lowest BCUT2D eigenvalue weighted by Crippen LogP contribution is -2.00. The number of hydrogen-bond acceptors (Lipinski definition) is 2. The Morgan fingerprint density at radius 2 is 0.619 bits per heavy atom. The van der Waals surface area contributed by atoms with Gasteiger partial charge in [-0.3, -0.25) is 0 Å². The van der Waals surface area contributed by atoms with Crippen LogP contribution in [0.25, 0.3) is 55.6 Å². The Balaban J connectivity index is 1.77. The second-order valence-electron chi connectivity index (χ2n) is 11.4. The molecular formula is C40H36N2. The predicted molar refractivity (Wildman–Crippen MR) is 181 cm³/mol. The molecule has 0 saturated heterocycles. The summed E-state index contributed by atoms with van der Waals surface area (Å²) in [5, 5.41) is 0. The smallest absolute Gasteiger partial charge is 0.0400 e. The standard InChI is InChI=1S/C40H36N2/c1-25-9-5-13-29(21-25)37-33(17-19-35(41)39(37)31-15-7-11-27(3)23-31)34-18-20-36(42)40(32-16-8-12-28(4)24-32)38(34)30-14-6-10-26(2)22-30/h5-24H,41-42H2,1-4H3. The highest BCUT2D eigenvalue weighted by Gasteiger charge is 2.23. The van der Waals surface area contributed by atoms with Gasteiger partial charge in [0.05, 0.1) is 0 Å². The van der Waals surface area contributed by atoms with Crippen molar-refractivity contribution in [3.63, 3.8) is 0 Å². The fraction of sp³-hybridized carbons (Fsp3) is 0.100. The topological polar surface area (TPSA) is 52.0 Å². The van der Waals surface area contributed by atoms with Gasteiger partial charge in [-0.25, -0.2) is 0 Å². The summed E-state index contributed by atoms with van der Waals surface area (Å²) in [5.41, 5.74) is 31.1. The molecule has 0 spiro atoms. The molecule has 206 valence electrons. The molecule has 0 heterocycles. The summed E-state index contributed by atoms with van der Waals surface area (Å²) in [7, 11) is 0. The molecular weight excluding hydrogens is 508 g/mol. The first-order valence-electron chi connectivity index (χ1n) is 14.4. The van der Waals surface area contributed by atoms with Crippen molar-refractivity contribution in [3.8, 4) is 55.6 Å². The number of benzene rings is 6. The molecule has 0 atom stereocenters. The van der Waals surface area contributed by atoms with Crippen molar-refractivity contribution in [2.45, 2.75) is 27.7 Å². The summed E-state index contributed by atoms with van der Waals surface area (Å²) in [4.78, 5) is 0. The minimum Gasteiger partial charge on any atom is -0.398 e. The Kier molecular flexibility index (Phi) is 7.14. The van der Waals surface area contributed by atoms with Crippen LogP contribution in [0.3, 0.4) is 0 Å². The van der Waals surface area contributed by atoms with Crippen LogP contribution in [-0.4, -0.2) is 0 Å². The number of rotatable bonds is 5. The number of hydrogen-bond donors (Lipinski definition) is 2. The maximum absolute atomic E-state index is 6.84. The molecule has 2 nitrogen and oxygen atoms in total. The van der Waals surface area contributed by atoms with Crippen LogP contribution in [0.2, 0.25) is 0 Å². The van der Waals surface area contributed by atoms with Gasteiger partial charge in [0.15, 0.2) is 0 Å². The Labute approximate surface area is 249 Å². The van der Waals surface area contributed by atoms with Crippen molar-refractivity contribution >= 4 is 11.4 Å². The molecule has 0 radical (unpaired) electrons. The van der Waals surface area contributed by atoms with E-state index in [2.05, 4.69) is 149 Å². The van der Waals surface area contributed by atoms with Crippen molar-refractivity contribution in [3.05, 3.63) is 144 Å². The molecule has 0 unspecified atom stereocenters. The molecule has 4 N–H and O–H groups in total. The first kappa shape index (κ1) is 27.1. The van der Waals surface area contributed by atoms with E-state index in [-0.39, 0.29) is 0 Å². The molecule has 0 saturated carbocycles. The average molecular weight is 545 g/mol. The van der Waals surface area contributed by atoms with E-state index >= 15 is 0 Å². The van der Waals surface area contributed by atoms with Gasteiger partial charge in [0, 0.05) is 22.5 Å². The molecule has 0 fully saturated rings. The second-order valence-corrected chi connectivity index (χ2v) is 11.4. The minimum absolute atomic E-state index is 0.757. The van der Waals surface area contributed by atoms with E-state index in [0.29, 0.717) is 0 Å². The van der Waals surface area contributed by atoms with Gasteiger partial charge in [-0.15, -0.1) is 0 Å². The molecule has 2 heteroatoms. The van der Waals surface area contributed by atoms with E-state index in [1.807, 2.05) is 0 Å². The van der Waals surface area contributed by atoms with E-state index in [4.69, 9.17) is 11.5 Å². The van der Waals surface area contributed by atoms with E-state index in [1.165, 1.54) is 22.3 Å². The third-order valence-electron chi connectivity index (χ3n) is 7.99. The lowest BCUT2D eigenvalue weighted by molar-refractivity contribution is 1.44. The van der Waals surface area contributed by atoms with E-state index in [9.17, 15) is 0 Å². The summed E-state index contributed by atoms with van der Waals surface area (Å²) < 4.78 is 0. The predicted octanol–water partition coefficient (Wildman–Crippen LogP) is 10.4. The van der Waals surface area contributed by atoms with Crippen LogP contribution in [0.4, 0.5) is 11.4 Å². The van der Waals surface area contributed by atoms with Crippen LogP contribution in [-0.2, 0) is 0 Å². The van der Waals surface area contributed by atoms with Crippen LogP contribution in [0.15, 0.2) is 121 Å². The average Bonchev–Trinajstić information content (AvgIpc) is 2.97. The molecule has 6 rings (SSSR count). The first-order chi connectivity index (χ1) is 20.3. The van der Waals surface area contributed by atoms with Gasteiger partial charge in [0.2, 0.25) is 0 Å². The fourth-order valence-electron chi connectivity index (χ4n) is 6.11. The molecule has 6 aromatic carbocycles. The highest BCUT2D eigenvalue weighted by molar-refractivity contribution is 6.06. The number of anilines is 2. The zero-order chi connectivity index (χ0) is 29.4. The van der Waals surface area contributed by atoms with Gasteiger partial charge in [-0.05, 0) is 84.3 Å². The molecule has 42 heavy (non-hydrogen) atoms. The van der Waals surface area contributed by atoms with E-state index < -0.39 is 0 Å². The Hall–Kier alpha value is -5.08. The number of nitrogen functional groups attached to an aromatic ring is 2. The van der Waals surface area contributed by atoms with Gasteiger partial charge in [0.1, 0.15) is 0 Å².